The average molecular weight is 532 g/mol. The molecule has 180 valence electrons. The quantitative estimate of drug-likeness (QED) is 0.282. The van der Waals surface area contributed by atoms with Gasteiger partial charge in [0.2, 0.25) is 0 Å². The summed E-state index contributed by atoms with van der Waals surface area (Å²) in [4.78, 5) is 21.2. The highest BCUT2D eigenvalue weighted by Gasteiger charge is 2.34. The van der Waals surface area contributed by atoms with Crippen molar-refractivity contribution in [3.63, 3.8) is 0 Å². The molecule has 1 aromatic heterocycles. The molecule has 3 aromatic carbocycles. The number of piperidine rings is 1. The van der Waals surface area contributed by atoms with Crippen molar-refractivity contribution < 1.29 is 9.53 Å². The van der Waals surface area contributed by atoms with Gasteiger partial charge in [0.1, 0.15) is 11.6 Å². The molecule has 1 saturated heterocycles. The Labute approximate surface area is 214 Å². The van der Waals surface area contributed by atoms with E-state index in [2.05, 4.69) is 57.8 Å². The van der Waals surface area contributed by atoms with Gasteiger partial charge in [-0.15, -0.1) is 0 Å². The summed E-state index contributed by atoms with van der Waals surface area (Å²) in [5.74, 6) is 1.81. The lowest BCUT2D eigenvalue weighted by Crippen LogP contribution is -2.40. The Morgan fingerprint density at radius 3 is 2.40 bits per heavy atom. The molecule has 4 aromatic rings. The number of hydrogen-bond donors (Lipinski definition) is 0. The number of amides is 1. The molecular formula is C29H30BrN3O2. The number of hydrogen-bond acceptors (Lipinski definition) is 3. The van der Waals surface area contributed by atoms with E-state index in [1.165, 1.54) is 5.56 Å². The van der Waals surface area contributed by atoms with Crippen molar-refractivity contribution in [2.75, 3.05) is 13.7 Å². The molecule has 0 spiro atoms. The van der Waals surface area contributed by atoms with Crippen LogP contribution in [-0.2, 0) is 0 Å². The lowest BCUT2D eigenvalue weighted by atomic mass is 9.95. The van der Waals surface area contributed by atoms with E-state index in [1.807, 2.05) is 43.0 Å². The van der Waals surface area contributed by atoms with Crippen LogP contribution in [0.15, 0.2) is 59.1 Å². The largest absolute Gasteiger partial charge is 0.497 e. The van der Waals surface area contributed by atoms with E-state index in [0.717, 1.165) is 75.3 Å². The summed E-state index contributed by atoms with van der Waals surface area (Å²) < 4.78 is 8.57. The van der Waals surface area contributed by atoms with Crippen molar-refractivity contribution in [1.82, 2.24) is 14.5 Å². The van der Waals surface area contributed by atoms with Gasteiger partial charge in [0.15, 0.2) is 0 Å². The maximum Gasteiger partial charge on any atom is 0.255 e. The van der Waals surface area contributed by atoms with Crippen LogP contribution in [0.4, 0.5) is 0 Å². The van der Waals surface area contributed by atoms with E-state index in [1.54, 1.807) is 7.11 Å². The molecule has 35 heavy (non-hydrogen) atoms. The number of methoxy groups -OCH3 is 1. The molecule has 0 aliphatic carbocycles. The van der Waals surface area contributed by atoms with Crippen LogP contribution in [0.3, 0.4) is 0 Å². The third kappa shape index (κ3) is 4.36. The molecule has 0 N–H and O–H groups in total. The normalized spacial score (nSPS) is 16.0. The summed E-state index contributed by atoms with van der Waals surface area (Å²) >= 11 is 3.59. The van der Waals surface area contributed by atoms with E-state index >= 15 is 0 Å². The fraction of sp³-hybridized carbons (Fsp3) is 0.310. The molecule has 5 nitrogen and oxygen atoms in total. The van der Waals surface area contributed by atoms with E-state index in [4.69, 9.17) is 9.72 Å². The maximum absolute atomic E-state index is 14.0. The number of benzene rings is 3. The van der Waals surface area contributed by atoms with E-state index in [0.29, 0.717) is 0 Å². The Morgan fingerprint density at radius 2 is 1.71 bits per heavy atom. The van der Waals surface area contributed by atoms with Crippen LogP contribution in [-0.4, -0.2) is 34.0 Å². The summed E-state index contributed by atoms with van der Waals surface area (Å²) in [7, 11) is 1.67. The second-order valence-corrected chi connectivity index (χ2v) is 10.3. The number of likely N-dealkylation sites (tertiary alicyclic amines) is 1. The van der Waals surface area contributed by atoms with E-state index < -0.39 is 0 Å². The number of fused-ring (bicyclic) bond motifs is 1. The predicted octanol–water partition coefficient (Wildman–Crippen LogP) is 7.09. The highest BCUT2D eigenvalue weighted by atomic mass is 79.9. The fourth-order valence-corrected chi connectivity index (χ4v) is 5.75. The molecular weight excluding hydrogens is 502 g/mol. The zero-order valence-corrected chi connectivity index (χ0v) is 22.2. The third-order valence-electron chi connectivity index (χ3n) is 6.93. The smallest absolute Gasteiger partial charge is 0.255 e. The van der Waals surface area contributed by atoms with Gasteiger partial charge >= 0.3 is 0 Å². The highest BCUT2D eigenvalue weighted by molar-refractivity contribution is 9.10. The standard InChI is InChI=1S/C29H30BrN3O2/c1-18-15-19(2)27(20(3)16-18)29(34)32-14-6-5-7-26(32)28-31-24-17-21(30)8-13-25(24)33(28)22-9-11-23(35-4)12-10-22/h8-13,15-17,26H,5-7,14H2,1-4H3. The summed E-state index contributed by atoms with van der Waals surface area (Å²) in [6.07, 6.45) is 2.95. The van der Waals surface area contributed by atoms with Crippen LogP contribution in [0.25, 0.3) is 16.7 Å². The van der Waals surface area contributed by atoms with Crippen molar-refractivity contribution in [2.45, 2.75) is 46.1 Å². The van der Waals surface area contributed by atoms with Gasteiger partial charge in [0, 0.05) is 22.3 Å². The minimum atomic E-state index is -0.107. The molecule has 2 heterocycles. The second kappa shape index (κ2) is 9.50. The molecule has 1 atom stereocenters. The number of aromatic nitrogens is 2. The van der Waals surface area contributed by atoms with Gasteiger partial charge in [-0.25, -0.2) is 4.98 Å². The number of carbonyl (C=O) groups is 1. The van der Waals surface area contributed by atoms with E-state index in [9.17, 15) is 4.79 Å². The van der Waals surface area contributed by atoms with Crippen molar-refractivity contribution >= 4 is 32.9 Å². The number of carbonyl (C=O) groups excluding carboxylic acids is 1. The lowest BCUT2D eigenvalue weighted by Gasteiger charge is -2.36. The first-order valence-electron chi connectivity index (χ1n) is 12.1. The van der Waals surface area contributed by atoms with Crippen molar-refractivity contribution in [2.24, 2.45) is 0 Å². The second-order valence-electron chi connectivity index (χ2n) is 9.42. The van der Waals surface area contributed by atoms with Gasteiger partial charge in [-0.2, -0.15) is 0 Å². The monoisotopic (exact) mass is 531 g/mol. The first-order valence-corrected chi connectivity index (χ1v) is 12.9. The Bertz CT molecular complexity index is 1380. The molecule has 1 fully saturated rings. The van der Waals surface area contributed by atoms with Crippen molar-refractivity contribution in [3.8, 4) is 11.4 Å². The van der Waals surface area contributed by atoms with Crippen LogP contribution in [0.1, 0.15) is 58.2 Å². The van der Waals surface area contributed by atoms with Crippen LogP contribution in [0.2, 0.25) is 0 Å². The zero-order chi connectivity index (χ0) is 24.7. The predicted molar refractivity (Wildman–Crippen MR) is 144 cm³/mol. The Morgan fingerprint density at radius 1 is 1.00 bits per heavy atom. The summed E-state index contributed by atoms with van der Waals surface area (Å²) in [5, 5.41) is 0. The lowest BCUT2D eigenvalue weighted by molar-refractivity contribution is 0.0597. The maximum atomic E-state index is 14.0. The SMILES string of the molecule is COc1ccc(-n2c(C3CCCCN3C(=O)c3c(C)cc(C)cc3C)nc3cc(Br)ccc32)cc1. The van der Waals surface area contributed by atoms with Crippen molar-refractivity contribution in [3.05, 3.63) is 87.1 Å². The minimum absolute atomic E-state index is 0.0965. The Balaban J connectivity index is 1.66. The van der Waals surface area contributed by atoms with Gasteiger partial charge in [0.25, 0.3) is 5.91 Å². The topological polar surface area (TPSA) is 47.4 Å². The molecule has 0 radical (unpaired) electrons. The molecule has 1 aliphatic heterocycles. The number of ether oxygens (including phenoxy) is 1. The molecule has 0 bridgehead atoms. The van der Waals surface area contributed by atoms with Gasteiger partial charge < -0.3 is 9.64 Å². The fourth-order valence-electron chi connectivity index (χ4n) is 5.40. The number of rotatable bonds is 4. The number of nitrogens with zero attached hydrogens (tertiary/aromatic N) is 3. The molecule has 6 heteroatoms. The Kier molecular flexibility index (Phi) is 6.41. The number of aryl methyl sites for hydroxylation is 3. The minimum Gasteiger partial charge on any atom is -0.497 e. The molecule has 1 amide bonds. The number of imidazole rings is 1. The first kappa shape index (κ1) is 23.6. The van der Waals surface area contributed by atoms with Crippen LogP contribution in [0.5, 0.6) is 5.75 Å². The molecule has 0 saturated carbocycles. The summed E-state index contributed by atoms with van der Waals surface area (Å²) in [5.41, 5.74) is 7.00. The van der Waals surface area contributed by atoms with Crippen LogP contribution < -0.4 is 4.74 Å². The zero-order valence-electron chi connectivity index (χ0n) is 20.6. The molecule has 1 aliphatic rings. The summed E-state index contributed by atoms with van der Waals surface area (Å²) in [6, 6.07) is 18.3. The summed E-state index contributed by atoms with van der Waals surface area (Å²) in [6.45, 7) is 6.88. The average Bonchev–Trinajstić information content (AvgIpc) is 3.21. The first-order chi connectivity index (χ1) is 16.9. The van der Waals surface area contributed by atoms with Gasteiger partial charge in [-0.1, -0.05) is 33.6 Å². The van der Waals surface area contributed by atoms with Gasteiger partial charge in [-0.3, -0.25) is 9.36 Å². The van der Waals surface area contributed by atoms with Gasteiger partial charge in [-0.05, 0) is 93.6 Å². The Hall–Kier alpha value is -3.12. The van der Waals surface area contributed by atoms with Gasteiger partial charge in [0.05, 0.1) is 24.2 Å². The van der Waals surface area contributed by atoms with Crippen LogP contribution in [0, 0.1) is 20.8 Å². The highest BCUT2D eigenvalue weighted by Crippen LogP contribution is 2.37. The van der Waals surface area contributed by atoms with Crippen LogP contribution >= 0.6 is 15.9 Å². The third-order valence-corrected chi connectivity index (χ3v) is 7.42. The molecule has 5 rings (SSSR count). The van der Waals surface area contributed by atoms with E-state index in [-0.39, 0.29) is 11.9 Å². The number of halogens is 1. The molecule has 1 unspecified atom stereocenters. The van der Waals surface area contributed by atoms with Crippen molar-refractivity contribution in [1.29, 1.82) is 0 Å².